The third-order valence-corrected chi connectivity index (χ3v) is 10.6. The van der Waals surface area contributed by atoms with Crippen molar-refractivity contribution >= 4 is 38.7 Å². The van der Waals surface area contributed by atoms with Gasteiger partial charge in [-0.25, -0.2) is 0 Å². The van der Waals surface area contributed by atoms with Crippen LogP contribution in [0.15, 0.2) is 54.7 Å². The minimum absolute atomic E-state index is 0.171. The summed E-state index contributed by atoms with van der Waals surface area (Å²) in [6, 6.07) is 14.4. The van der Waals surface area contributed by atoms with Gasteiger partial charge in [0.1, 0.15) is 12.1 Å². The molecule has 1 aliphatic carbocycles. The molecule has 2 aromatic carbocycles. The van der Waals surface area contributed by atoms with Gasteiger partial charge in [-0.2, -0.15) is 8.42 Å². The summed E-state index contributed by atoms with van der Waals surface area (Å²) in [6.07, 6.45) is 5.84. The number of hydrogen-bond acceptors (Lipinski definition) is 8. The van der Waals surface area contributed by atoms with E-state index in [2.05, 4.69) is 46.6 Å². The average Bonchev–Trinajstić information content (AvgIpc) is 3.73. The topological polar surface area (TPSA) is 173 Å². The molecule has 3 amide bonds. The first-order chi connectivity index (χ1) is 22.7. The number of carbonyl (C=O) groups is 3. The molecule has 14 heteroatoms. The molecule has 4 fully saturated rings. The molecule has 0 radical (unpaired) electrons. The Morgan fingerprint density at radius 1 is 1.15 bits per heavy atom. The van der Waals surface area contributed by atoms with E-state index in [1.165, 1.54) is 28.3 Å². The maximum absolute atomic E-state index is 14.2. The summed E-state index contributed by atoms with van der Waals surface area (Å²) in [4.78, 5) is 50.4. The summed E-state index contributed by atoms with van der Waals surface area (Å²) in [5.74, 6) is -3.31. The van der Waals surface area contributed by atoms with Crippen LogP contribution in [-0.4, -0.2) is 112 Å². The van der Waals surface area contributed by atoms with Crippen LogP contribution in [0.3, 0.4) is 0 Å². The summed E-state index contributed by atoms with van der Waals surface area (Å²) >= 11 is 0. The van der Waals surface area contributed by atoms with Gasteiger partial charge in [0.2, 0.25) is 17.5 Å². The summed E-state index contributed by atoms with van der Waals surface area (Å²) in [6.45, 7) is 2.56. The number of rotatable bonds is 4. The smallest absolute Gasteiger partial charge is 0.280 e. The van der Waals surface area contributed by atoms with Crippen LogP contribution in [0.5, 0.6) is 0 Å². The largest absolute Gasteiger partial charge is 0.361 e. The number of nitrogens with one attached hydrogen (secondary N) is 2. The van der Waals surface area contributed by atoms with Gasteiger partial charge in [-0.1, -0.05) is 42.5 Å². The van der Waals surface area contributed by atoms with E-state index in [0.717, 1.165) is 17.5 Å². The number of benzene rings is 2. The number of aromatic nitrogens is 1. The number of fused-ring (bicyclic) bond motifs is 5. The predicted molar refractivity (Wildman–Crippen MR) is 175 cm³/mol. The molecule has 7 atom stereocenters. The normalized spacial score (nSPS) is 32.7. The molecule has 4 N–H and O–H groups in total. The van der Waals surface area contributed by atoms with Gasteiger partial charge in [-0.15, -0.1) is 0 Å². The Bertz CT molecular complexity index is 1880. The van der Waals surface area contributed by atoms with Crippen LogP contribution < -0.4 is 5.32 Å². The van der Waals surface area contributed by atoms with Crippen molar-refractivity contribution in [2.24, 2.45) is 5.92 Å². The lowest BCUT2D eigenvalue weighted by Gasteiger charge is -2.48. The molecule has 5 heterocycles. The van der Waals surface area contributed by atoms with Gasteiger partial charge >= 0.3 is 0 Å². The molecule has 5 aliphatic rings. The van der Waals surface area contributed by atoms with Crippen molar-refractivity contribution in [3.05, 3.63) is 71.4 Å². The number of H-pyrrole nitrogens is 1. The summed E-state index contributed by atoms with van der Waals surface area (Å²) in [5, 5.41) is 16.2. The maximum atomic E-state index is 14.2. The van der Waals surface area contributed by atoms with E-state index in [9.17, 15) is 27.9 Å². The van der Waals surface area contributed by atoms with E-state index >= 15 is 0 Å². The minimum atomic E-state index is -3.67. The summed E-state index contributed by atoms with van der Waals surface area (Å²) in [5.41, 5.74) is 2.74. The van der Waals surface area contributed by atoms with E-state index < -0.39 is 39.7 Å². The maximum Gasteiger partial charge on any atom is 0.280 e. The van der Waals surface area contributed by atoms with Crippen molar-refractivity contribution in [1.29, 1.82) is 0 Å². The van der Waals surface area contributed by atoms with Gasteiger partial charge in [-0.05, 0) is 62.4 Å². The van der Waals surface area contributed by atoms with Gasteiger partial charge in [0.15, 0.2) is 0 Å². The highest BCUT2D eigenvalue weighted by Gasteiger charge is 2.70. The molecule has 8 rings (SSSR count). The number of ether oxygens (including phenoxy) is 1. The summed E-state index contributed by atoms with van der Waals surface area (Å²) in [7, 11) is -1.61. The lowest BCUT2D eigenvalue weighted by atomic mass is 9.72. The van der Waals surface area contributed by atoms with Crippen LogP contribution in [0.1, 0.15) is 48.8 Å². The Balaban J connectivity index is 0.000000681. The second-order valence-electron chi connectivity index (χ2n) is 13.9. The fourth-order valence-corrected chi connectivity index (χ4v) is 8.65. The number of aromatic amines is 1. The van der Waals surface area contributed by atoms with Gasteiger partial charge in [-0.3, -0.25) is 28.6 Å². The number of piperazine rings is 1. The zero-order chi connectivity index (χ0) is 34.2. The van der Waals surface area contributed by atoms with Crippen LogP contribution in [0, 0.1) is 5.92 Å². The highest BCUT2D eigenvalue weighted by molar-refractivity contribution is 7.85. The lowest BCUT2D eigenvalue weighted by Crippen LogP contribution is -2.71. The average molecular weight is 680 g/mol. The van der Waals surface area contributed by atoms with Crippen LogP contribution in [0.4, 0.5) is 0 Å². The Morgan fingerprint density at radius 2 is 1.88 bits per heavy atom. The molecular formula is C34H41N5O8S. The number of nitrogens with zero attached hydrogens (tertiary/aromatic N) is 3. The first kappa shape index (κ1) is 32.7. The van der Waals surface area contributed by atoms with Crippen molar-refractivity contribution in [2.45, 2.75) is 74.7 Å². The minimum Gasteiger partial charge on any atom is -0.361 e. The monoisotopic (exact) mass is 679 g/mol. The first-order valence-corrected chi connectivity index (χ1v) is 18.2. The highest BCUT2D eigenvalue weighted by Crippen LogP contribution is 2.47. The number of hydrogen-bond donors (Lipinski definition) is 4. The van der Waals surface area contributed by atoms with Crippen LogP contribution in [-0.2, 0) is 42.1 Å². The highest BCUT2D eigenvalue weighted by atomic mass is 32.2. The van der Waals surface area contributed by atoms with E-state index in [-0.39, 0.29) is 36.1 Å². The molecule has 48 heavy (non-hydrogen) atoms. The Kier molecular flexibility index (Phi) is 7.94. The van der Waals surface area contributed by atoms with Crippen LogP contribution in [0.25, 0.3) is 10.9 Å². The second-order valence-corrected chi connectivity index (χ2v) is 15.4. The van der Waals surface area contributed by atoms with E-state index in [4.69, 9.17) is 9.29 Å². The Morgan fingerprint density at radius 3 is 2.60 bits per heavy atom. The molecule has 3 aromatic rings. The standard InChI is InChI=1S/C33H37N5O5.CH4O3S/c1-32(35-29(39)21-15-23-22-10-6-11-24-28(22)20(17-34-24)16-25(23)36(2)18-21)31(41)38-26(14-19-8-4-3-5-9-19)30(40)37-13-7-12-27(37)33(38,42)43-32;1-5(2,3)4/h3-6,8-11,17,21,23,25-27,34,42H,7,12-16,18H2,1-2H3,(H,35,39);1H3,(H,2,3,4)/t21-,23-,25-,26+,27?,32-,33+;/m1./s1. The van der Waals surface area contributed by atoms with Crippen molar-refractivity contribution in [3.63, 3.8) is 0 Å². The number of aliphatic hydroxyl groups is 1. The first-order valence-electron chi connectivity index (χ1n) is 16.3. The van der Waals surface area contributed by atoms with E-state index in [1.54, 1.807) is 4.90 Å². The van der Waals surface area contributed by atoms with Crippen molar-refractivity contribution < 1.29 is 37.2 Å². The molecule has 4 aliphatic heterocycles. The lowest BCUT2D eigenvalue weighted by molar-refractivity contribution is -0.315. The van der Waals surface area contributed by atoms with Gasteiger partial charge in [0, 0.05) is 48.6 Å². The van der Waals surface area contributed by atoms with Crippen molar-refractivity contribution in [3.8, 4) is 0 Å². The molecule has 1 aromatic heterocycles. The molecule has 4 saturated heterocycles. The van der Waals surface area contributed by atoms with Gasteiger partial charge in [0.05, 0.1) is 12.2 Å². The molecule has 256 valence electrons. The van der Waals surface area contributed by atoms with Crippen LogP contribution >= 0.6 is 0 Å². The number of likely N-dealkylation sites (tertiary alicyclic amines) is 1. The van der Waals surface area contributed by atoms with Crippen LogP contribution in [0.2, 0.25) is 0 Å². The van der Waals surface area contributed by atoms with E-state index in [0.29, 0.717) is 38.6 Å². The molecular weight excluding hydrogens is 638 g/mol. The van der Waals surface area contributed by atoms with E-state index in [1.807, 2.05) is 30.3 Å². The molecule has 0 bridgehead atoms. The fourth-order valence-electron chi connectivity index (χ4n) is 8.65. The third-order valence-electron chi connectivity index (χ3n) is 10.6. The quantitative estimate of drug-likeness (QED) is 0.299. The van der Waals surface area contributed by atoms with Crippen molar-refractivity contribution in [2.75, 3.05) is 26.4 Å². The number of likely N-dealkylation sites (N-methyl/N-ethyl adjacent to an activating group) is 1. The number of piperidine rings is 1. The third kappa shape index (κ3) is 5.49. The Hall–Kier alpha value is -3.82. The zero-order valence-corrected chi connectivity index (χ0v) is 27.9. The molecule has 0 spiro atoms. The SMILES string of the molecule is CN1C[C@H](C(=O)N[C@]2(C)O[C@@]3(O)C4CCCN4C(=O)[C@H](Cc4ccccc4)N3C2=O)C[C@@H]2c3cccc4[nH]cc(c34)C[C@H]21.CS(=O)(=O)O. The second kappa shape index (κ2) is 11.7. The fraction of sp³-hybridized carbons (Fsp3) is 0.500. The molecule has 0 saturated carbocycles. The summed E-state index contributed by atoms with van der Waals surface area (Å²) < 4.78 is 32.1. The van der Waals surface area contributed by atoms with Gasteiger partial charge < -0.3 is 25.2 Å². The zero-order valence-electron chi connectivity index (χ0n) is 27.1. The molecule has 1 unspecified atom stereocenters. The predicted octanol–water partition coefficient (Wildman–Crippen LogP) is 1.59. The number of carbonyl (C=O) groups excluding carboxylic acids is 3. The Labute approximate surface area is 279 Å². The number of amides is 3. The van der Waals surface area contributed by atoms with Crippen molar-refractivity contribution in [1.82, 2.24) is 25.0 Å². The van der Waals surface area contributed by atoms with Gasteiger partial charge in [0.25, 0.3) is 21.9 Å². The molecule has 13 nitrogen and oxygen atoms in total.